The van der Waals surface area contributed by atoms with Crippen LogP contribution in [0.25, 0.3) is 0 Å². The SMILES string of the molecule is CCN(CC)c1cccc(OC(F)(F)C(=O)O)c1. The second kappa shape index (κ2) is 5.66. The maximum absolute atomic E-state index is 12.9. The van der Waals surface area contributed by atoms with E-state index in [-0.39, 0.29) is 5.75 Å². The van der Waals surface area contributed by atoms with Gasteiger partial charge in [0.1, 0.15) is 5.75 Å². The van der Waals surface area contributed by atoms with E-state index in [1.54, 1.807) is 12.1 Å². The fraction of sp³-hybridized carbons (Fsp3) is 0.417. The third-order valence-electron chi connectivity index (χ3n) is 2.44. The van der Waals surface area contributed by atoms with Crippen molar-refractivity contribution >= 4 is 11.7 Å². The molecule has 1 rings (SSSR count). The zero-order chi connectivity index (χ0) is 13.8. The number of alkyl halides is 2. The summed E-state index contributed by atoms with van der Waals surface area (Å²) in [5.74, 6) is -2.48. The maximum atomic E-state index is 12.9. The van der Waals surface area contributed by atoms with Crippen molar-refractivity contribution in [3.8, 4) is 5.75 Å². The topological polar surface area (TPSA) is 49.8 Å². The van der Waals surface area contributed by atoms with Crippen molar-refractivity contribution in [1.82, 2.24) is 0 Å². The largest absolute Gasteiger partial charge is 0.501 e. The molecule has 0 saturated carbocycles. The van der Waals surface area contributed by atoms with E-state index in [0.717, 1.165) is 13.1 Å². The van der Waals surface area contributed by atoms with Crippen molar-refractivity contribution in [1.29, 1.82) is 0 Å². The van der Waals surface area contributed by atoms with Crippen LogP contribution in [0.15, 0.2) is 24.3 Å². The lowest BCUT2D eigenvalue weighted by atomic mass is 10.2. The van der Waals surface area contributed by atoms with Crippen molar-refractivity contribution in [3.05, 3.63) is 24.3 Å². The van der Waals surface area contributed by atoms with E-state index in [0.29, 0.717) is 5.69 Å². The molecule has 0 heterocycles. The predicted octanol–water partition coefficient (Wildman–Crippen LogP) is 2.59. The lowest BCUT2D eigenvalue weighted by Gasteiger charge is -2.22. The van der Waals surface area contributed by atoms with Crippen LogP contribution in [0.3, 0.4) is 0 Å². The highest BCUT2D eigenvalue weighted by Crippen LogP contribution is 2.26. The first-order valence-electron chi connectivity index (χ1n) is 5.56. The van der Waals surface area contributed by atoms with Crippen molar-refractivity contribution in [2.45, 2.75) is 20.0 Å². The molecule has 1 aromatic rings. The number of hydrogen-bond donors (Lipinski definition) is 1. The number of carboxylic acid groups (broad SMARTS) is 1. The fourth-order valence-corrected chi connectivity index (χ4v) is 1.52. The number of hydrogen-bond acceptors (Lipinski definition) is 3. The van der Waals surface area contributed by atoms with E-state index in [9.17, 15) is 13.6 Å². The van der Waals surface area contributed by atoms with Crippen LogP contribution in [0.5, 0.6) is 5.75 Å². The summed E-state index contributed by atoms with van der Waals surface area (Å²) < 4.78 is 30.0. The smallest absolute Gasteiger partial charge is 0.474 e. The summed E-state index contributed by atoms with van der Waals surface area (Å²) in [5, 5.41) is 8.29. The van der Waals surface area contributed by atoms with Crippen LogP contribution in [0.1, 0.15) is 13.8 Å². The summed E-state index contributed by atoms with van der Waals surface area (Å²) >= 11 is 0. The van der Waals surface area contributed by atoms with Gasteiger partial charge in [0, 0.05) is 24.8 Å². The fourth-order valence-electron chi connectivity index (χ4n) is 1.52. The van der Waals surface area contributed by atoms with E-state index < -0.39 is 12.1 Å². The minimum absolute atomic E-state index is 0.174. The van der Waals surface area contributed by atoms with Crippen molar-refractivity contribution in [2.24, 2.45) is 0 Å². The average Bonchev–Trinajstić information content (AvgIpc) is 2.30. The molecule has 6 heteroatoms. The lowest BCUT2D eigenvalue weighted by molar-refractivity contribution is -0.210. The zero-order valence-corrected chi connectivity index (χ0v) is 10.2. The van der Waals surface area contributed by atoms with Gasteiger partial charge in [-0.15, -0.1) is 0 Å². The van der Waals surface area contributed by atoms with Gasteiger partial charge in [-0.3, -0.25) is 0 Å². The Morgan fingerprint density at radius 2 is 2.00 bits per heavy atom. The average molecular weight is 259 g/mol. The molecule has 1 aromatic carbocycles. The van der Waals surface area contributed by atoms with Gasteiger partial charge in [0.15, 0.2) is 0 Å². The Morgan fingerprint density at radius 1 is 1.39 bits per heavy atom. The molecular formula is C12H15F2NO3. The monoisotopic (exact) mass is 259 g/mol. The van der Waals surface area contributed by atoms with Crippen LogP contribution in [0.4, 0.5) is 14.5 Å². The molecule has 0 fully saturated rings. The second-order valence-electron chi connectivity index (χ2n) is 3.59. The summed E-state index contributed by atoms with van der Waals surface area (Å²) in [7, 11) is 0. The van der Waals surface area contributed by atoms with Crippen LogP contribution in [-0.4, -0.2) is 30.3 Å². The lowest BCUT2D eigenvalue weighted by Crippen LogP contribution is -2.34. The Bertz CT molecular complexity index is 420. The summed E-state index contributed by atoms with van der Waals surface area (Å²) in [6, 6.07) is 5.98. The van der Waals surface area contributed by atoms with Crippen molar-refractivity contribution < 1.29 is 23.4 Å². The first-order chi connectivity index (χ1) is 8.40. The molecule has 18 heavy (non-hydrogen) atoms. The van der Waals surface area contributed by atoms with Crippen LogP contribution in [0.2, 0.25) is 0 Å². The van der Waals surface area contributed by atoms with Crippen molar-refractivity contribution in [3.63, 3.8) is 0 Å². The summed E-state index contributed by atoms with van der Waals surface area (Å²) in [6.45, 7) is 5.30. The highest BCUT2D eigenvalue weighted by molar-refractivity contribution is 5.74. The normalized spacial score (nSPS) is 11.1. The van der Waals surface area contributed by atoms with Gasteiger partial charge in [0.2, 0.25) is 0 Å². The molecule has 0 spiro atoms. The van der Waals surface area contributed by atoms with E-state index in [1.807, 2.05) is 18.7 Å². The molecule has 0 atom stereocenters. The number of aliphatic carboxylic acids is 1. The third kappa shape index (κ3) is 3.32. The molecule has 0 aliphatic heterocycles. The van der Waals surface area contributed by atoms with E-state index in [2.05, 4.69) is 4.74 Å². The Labute approximate surface area is 104 Å². The number of nitrogens with zero attached hydrogens (tertiary/aromatic N) is 1. The number of carboxylic acids is 1. The Morgan fingerprint density at radius 3 is 2.50 bits per heavy atom. The van der Waals surface area contributed by atoms with Gasteiger partial charge in [-0.25, -0.2) is 4.79 Å². The number of halogens is 2. The quantitative estimate of drug-likeness (QED) is 0.853. The van der Waals surface area contributed by atoms with Gasteiger partial charge in [-0.1, -0.05) is 6.07 Å². The van der Waals surface area contributed by atoms with Gasteiger partial charge in [-0.05, 0) is 26.0 Å². The molecule has 0 aliphatic carbocycles. The Hall–Kier alpha value is -1.85. The molecule has 0 aliphatic rings. The molecule has 0 bridgehead atoms. The van der Waals surface area contributed by atoms with Crippen molar-refractivity contribution in [2.75, 3.05) is 18.0 Å². The zero-order valence-electron chi connectivity index (χ0n) is 10.2. The molecule has 0 saturated heterocycles. The van der Waals surface area contributed by atoms with E-state index in [4.69, 9.17) is 5.11 Å². The molecular weight excluding hydrogens is 244 g/mol. The first kappa shape index (κ1) is 14.2. The summed E-state index contributed by atoms with van der Waals surface area (Å²) in [5.41, 5.74) is 0.707. The van der Waals surface area contributed by atoms with Crippen LogP contribution < -0.4 is 9.64 Å². The number of rotatable bonds is 6. The molecule has 0 amide bonds. The Balaban J connectivity index is 2.92. The predicted molar refractivity (Wildman–Crippen MR) is 63.2 cm³/mol. The summed E-state index contributed by atoms with van der Waals surface area (Å²) in [4.78, 5) is 12.2. The molecule has 0 aromatic heterocycles. The van der Waals surface area contributed by atoms with Gasteiger partial charge in [0.05, 0.1) is 0 Å². The number of carbonyl (C=O) groups is 1. The Kier molecular flexibility index (Phi) is 4.47. The highest BCUT2D eigenvalue weighted by Gasteiger charge is 2.42. The minimum Gasteiger partial charge on any atom is -0.474 e. The van der Waals surface area contributed by atoms with Gasteiger partial charge in [0.25, 0.3) is 0 Å². The number of anilines is 1. The van der Waals surface area contributed by atoms with Crippen LogP contribution >= 0.6 is 0 Å². The van der Waals surface area contributed by atoms with Gasteiger partial charge in [-0.2, -0.15) is 8.78 Å². The minimum atomic E-state index is -4.22. The molecule has 100 valence electrons. The molecule has 1 N–H and O–H groups in total. The highest BCUT2D eigenvalue weighted by atomic mass is 19.3. The third-order valence-corrected chi connectivity index (χ3v) is 2.44. The summed E-state index contributed by atoms with van der Waals surface area (Å²) in [6.07, 6.45) is -4.22. The van der Waals surface area contributed by atoms with E-state index >= 15 is 0 Å². The van der Waals surface area contributed by atoms with Gasteiger partial charge < -0.3 is 14.7 Å². The first-order valence-corrected chi connectivity index (χ1v) is 5.56. The maximum Gasteiger partial charge on any atom is 0.501 e. The molecule has 0 radical (unpaired) electrons. The second-order valence-corrected chi connectivity index (χ2v) is 3.59. The number of benzene rings is 1. The van der Waals surface area contributed by atoms with E-state index in [1.165, 1.54) is 12.1 Å². The molecule has 4 nitrogen and oxygen atoms in total. The standard InChI is InChI=1S/C12H15F2NO3/c1-3-15(4-2)9-6-5-7-10(8-9)18-12(13,14)11(16)17/h5-8H,3-4H2,1-2H3,(H,16,17). The van der Waals surface area contributed by atoms with Crippen LogP contribution in [-0.2, 0) is 4.79 Å². The van der Waals surface area contributed by atoms with Gasteiger partial charge >= 0.3 is 12.1 Å². The number of ether oxygens (including phenoxy) is 1. The van der Waals surface area contributed by atoms with Crippen LogP contribution in [0, 0.1) is 0 Å². The molecule has 0 unspecified atom stereocenters.